The Morgan fingerprint density at radius 2 is 1.20 bits per heavy atom. The number of alkyl halides is 2. The summed E-state index contributed by atoms with van der Waals surface area (Å²) in [6, 6.07) is 7.09. The van der Waals surface area contributed by atoms with Gasteiger partial charge in [0.05, 0.1) is 36.2 Å². The zero-order valence-corrected chi connectivity index (χ0v) is 49.7. The lowest BCUT2D eigenvalue weighted by molar-refractivity contribution is -0.131. The number of rotatable bonds is 15. The number of amides is 4. The van der Waals surface area contributed by atoms with Gasteiger partial charge in [-0.1, -0.05) is 89.5 Å². The summed E-state index contributed by atoms with van der Waals surface area (Å²) in [6.45, 7) is 24.2. The Labute approximate surface area is 494 Å². The van der Waals surface area contributed by atoms with E-state index in [-0.39, 0.29) is 76.6 Å². The van der Waals surface area contributed by atoms with E-state index in [1.807, 2.05) is 22.8 Å². The zero-order chi connectivity index (χ0) is 60.2. The van der Waals surface area contributed by atoms with Crippen molar-refractivity contribution in [3.8, 4) is 0 Å². The zero-order valence-electron chi connectivity index (χ0n) is 47.4. The van der Waals surface area contributed by atoms with E-state index in [9.17, 15) is 28.0 Å². The Hall–Kier alpha value is -7.12. The van der Waals surface area contributed by atoms with Gasteiger partial charge >= 0.3 is 0 Å². The molecule has 83 heavy (non-hydrogen) atoms. The third-order valence-electron chi connectivity index (χ3n) is 15.1. The number of hydrogen-bond acceptors (Lipinski definition) is 13. The van der Waals surface area contributed by atoms with E-state index in [1.165, 1.54) is 17.1 Å². The van der Waals surface area contributed by atoms with Crippen LogP contribution in [0.5, 0.6) is 0 Å². The van der Waals surface area contributed by atoms with Crippen LogP contribution in [-0.2, 0) is 38.3 Å². The third-order valence-corrected chi connectivity index (χ3v) is 16.0. The molecule has 446 valence electrons. The van der Waals surface area contributed by atoms with Gasteiger partial charge in [0, 0.05) is 72.2 Å². The largest absolute Gasteiger partial charge is 0.483 e. The number of nitrogens with one attached hydrogen (secondary N) is 7. The van der Waals surface area contributed by atoms with E-state index in [1.54, 1.807) is 9.47 Å². The fourth-order valence-corrected chi connectivity index (χ4v) is 12.0. The molecule has 4 aliphatic heterocycles. The molecular formula is C56H71Cl3F2N16O6. The molecular weight excluding hydrogens is 1140 g/mol. The number of piperidine rings is 1. The molecule has 4 aliphatic rings. The van der Waals surface area contributed by atoms with Gasteiger partial charge in [0.1, 0.15) is 28.7 Å². The van der Waals surface area contributed by atoms with E-state index in [2.05, 4.69) is 130 Å². The van der Waals surface area contributed by atoms with Crippen molar-refractivity contribution < 1.29 is 37.9 Å². The minimum absolute atomic E-state index is 0.0405. The van der Waals surface area contributed by atoms with E-state index < -0.39 is 18.0 Å². The van der Waals surface area contributed by atoms with E-state index in [0.29, 0.717) is 91.3 Å². The lowest BCUT2D eigenvalue weighted by Gasteiger charge is -2.39. The lowest BCUT2D eigenvalue weighted by Crippen LogP contribution is -2.60. The molecule has 2 aromatic carbocycles. The number of likely N-dealkylation sites (tertiary alicyclic amines) is 3. The number of benzene rings is 2. The monoisotopic (exact) mass is 1210 g/mol. The molecule has 22 nitrogen and oxygen atoms in total. The summed E-state index contributed by atoms with van der Waals surface area (Å²) in [5, 5.41) is 40.7. The molecule has 0 spiro atoms. The van der Waals surface area contributed by atoms with Crippen LogP contribution in [0.4, 0.5) is 20.4 Å². The molecule has 8 heterocycles. The molecule has 0 aliphatic carbocycles. The highest BCUT2D eigenvalue weighted by Crippen LogP contribution is 2.38. The number of aromatic nitrogens is 8. The number of fused-ring (bicyclic) bond motifs is 2. The van der Waals surface area contributed by atoms with Crippen LogP contribution in [0.3, 0.4) is 0 Å². The molecule has 4 aromatic heterocycles. The second-order valence-electron chi connectivity index (χ2n) is 23.1. The topological polar surface area (TPSA) is 268 Å². The lowest BCUT2D eigenvalue weighted by atomic mass is 9.86. The van der Waals surface area contributed by atoms with Crippen molar-refractivity contribution in [1.29, 1.82) is 0 Å². The molecule has 0 radical (unpaired) electrons. The number of hydrogen-bond donors (Lipinski definition) is 8. The summed E-state index contributed by atoms with van der Waals surface area (Å²) in [4.78, 5) is 73.1. The average Bonchev–Trinajstić information content (AvgIpc) is 4.36. The number of carbonyl (C=O) groups excluding carboxylic acids is 4. The molecule has 4 fully saturated rings. The summed E-state index contributed by atoms with van der Waals surface area (Å²) in [5.74, 6) is 0.875. The maximum absolute atomic E-state index is 14.2. The van der Waals surface area contributed by atoms with Crippen molar-refractivity contribution in [3.05, 3.63) is 105 Å². The average molecular weight is 1210 g/mol. The van der Waals surface area contributed by atoms with E-state index in [4.69, 9.17) is 44.7 Å². The third kappa shape index (κ3) is 13.8. The molecule has 6 aromatic rings. The molecule has 4 amide bonds. The molecule has 2 unspecified atom stereocenters. The highest BCUT2D eigenvalue weighted by Gasteiger charge is 2.38. The van der Waals surface area contributed by atoms with Gasteiger partial charge in [-0.05, 0) is 97.8 Å². The van der Waals surface area contributed by atoms with Crippen LogP contribution in [0, 0.1) is 0 Å². The van der Waals surface area contributed by atoms with Gasteiger partial charge in [-0.25, -0.2) is 18.7 Å². The second-order valence-corrected chi connectivity index (χ2v) is 24.3. The van der Waals surface area contributed by atoms with Crippen molar-refractivity contribution in [1.82, 2.24) is 70.1 Å². The quantitative estimate of drug-likeness (QED) is 0.0358. The van der Waals surface area contributed by atoms with Crippen molar-refractivity contribution >= 4 is 98.3 Å². The van der Waals surface area contributed by atoms with Gasteiger partial charge in [0.2, 0.25) is 11.8 Å². The van der Waals surface area contributed by atoms with Crippen molar-refractivity contribution in [2.75, 3.05) is 70.0 Å². The van der Waals surface area contributed by atoms with Gasteiger partial charge in [-0.2, -0.15) is 10.2 Å². The number of likely N-dealkylation sites (N-methyl/N-ethyl adjacent to an activating group) is 1. The van der Waals surface area contributed by atoms with Gasteiger partial charge in [0.15, 0.2) is 16.8 Å². The Bertz CT molecular complexity index is 3400. The summed E-state index contributed by atoms with van der Waals surface area (Å²) < 4.78 is 32.1. The fraction of sp³-hybridized carbons (Fsp3) is 0.482. The number of nitrogens with zero attached hydrogens (tertiary/aromatic N) is 9. The molecule has 8 N–H and O–H groups in total. The Balaban J connectivity index is 0.000000207. The Morgan fingerprint density at radius 1 is 0.735 bits per heavy atom. The van der Waals surface area contributed by atoms with E-state index in [0.717, 1.165) is 58.9 Å². The summed E-state index contributed by atoms with van der Waals surface area (Å²) in [6.07, 6.45) is 2.12. The first kappa shape index (κ1) is 61.9. The summed E-state index contributed by atoms with van der Waals surface area (Å²) in [5.41, 5.74) is 2.86. The number of aromatic amines is 2. The van der Waals surface area contributed by atoms with Crippen molar-refractivity contribution in [2.24, 2.45) is 0 Å². The normalized spacial score (nSPS) is 17.7. The smallest absolute Gasteiger partial charge is 0.290 e. The van der Waals surface area contributed by atoms with Crippen LogP contribution in [0.1, 0.15) is 129 Å². The maximum Gasteiger partial charge on any atom is 0.290 e. The number of carbonyl (C=O) groups is 5. The molecule has 27 heteroatoms. The van der Waals surface area contributed by atoms with Gasteiger partial charge in [-0.15, -0.1) is 0 Å². The van der Waals surface area contributed by atoms with Crippen LogP contribution < -0.4 is 26.6 Å². The minimum Gasteiger partial charge on any atom is -0.483 e. The van der Waals surface area contributed by atoms with Crippen molar-refractivity contribution in [2.45, 2.75) is 115 Å². The SMILES string of the molecule is C=CC(=O)N1CC(NC(=O)c2c(C(F)F)nc(CNc3n[nH]c4cc(Cl)c(C(C)(C)C)cc34)n2C2CCNC2)C1.C=CC(=O)N1CC(NC(=O)c2c(Cl)nc(CNc3n[nH]c4cc(Cl)c(C(C)(C)C)cc34)n2C2CCCN(C)C2)C1.O=CO. The first-order valence-corrected chi connectivity index (χ1v) is 28.4. The molecule has 0 saturated carbocycles. The number of imidazole rings is 2. The highest BCUT2D eigenvalue weighted by molar-refractivity contribution is 6.33. The fourth-order valence-electron chi connectivity index (χ4n) is 10.9. The number of halogens is 5. The molecule has 2 atom stereocenters. The number of H-pyrrole nitrogens is 2. The molecule has 0 bridgehead atoms. The Morgan fingerprint density at radius 3 is 1.64 bits per heavy atom. The summed E-state index contributed by atoms with van der Waals surface area (Å²) >= 11 is 19.7. The van der Waals surface area contributed by atoms with Crippen molar-refractivity contribution in [3.63, 3.8) is 0 Å². The van der Waals surface area contributed by atoms with Crippen LogP contribution in [0.25, 0.3) is 21.8 Å². The molecule has 4 saturated heterocycles. The predicted octanol–water partition coefficient (Wildman–Crippen LogP) is 7.99. The summed E-state index contributed by atoms with van der Waals surface area (Å²) in [7, 11) is 2.08. The van der Waals surface area contributed by atoms with Gasteiger partial charge in [-0.3, -0.25) is 34.2 Å². The highest BCUT2D eigenvalue weighted by atomic mass is 35.5. The second kappa shape index (κ2) is 25.8. The molecule has 10 rings (SSSR count). The Kier molecular flexibility index (Phi) is 19.2. The van der Waals surface area contributed by atoms with Gasteiger partial charge < -0.3 is 55.5 Å². The van der Waals surface area contributed by atoms with Crippen LogP contribution in [0.2, 0.25) is 15.2 Å². The number of anilines is 2. The van der Waals surface area contributed by atoms with Crippen LogP contribution >= 0.6 is 34.8 Å². The van der Waals surface area contributed by atoms with E-state index >= 15 is 0 Å². The minimum atomic E-state index is -2.95. The first-order valence-electron chi connectivity index (χ1n) is 27.3. The van der Waals surface area contributed by atoms with Crippen LogP contribution in [0.15, 0.2) is 49.6 Å². The first-order chi connectivity index (χ1) is 39.3. The predicted molar refractivity (Wildman–Crippen MR) is 316 cm³/mol. The maximum atomic E-state index is 14.2. The number of carboxylic acid groups (broad SMARTS) is 1. The standard InChI is InChI=1S/C28H36Cl2N8O2.C27H33ClF2N8O2.CH2O2/c1-6-23(39)37-13-16(14-37)32-27(40)24-25(30)33-22(38(24)17-8-7-9-36(5)15-17)12-31-26-18-10-19(28(2,3)4)20(29)11-21(18)34-35-26;1-5-21(39)37-12-14(13-37)33-26(40)23-22(24(29)30)34-20(38(23)15-6-7-31-10-15)11-32-25-16-8-17(27(2,3)4)18(28)9-19(16)35-36-25;2-1-3/h6,10-11,16-17H,1,7-9,12-15H2,2-5H3,(H,32,40)(H2,31,34,35);5,8-9,14-15,24,31H,1,6-7,10-13H2,2-4H3,(H,33,40)(H2,32,35,36);1H,(H,2,3). The van der Waals surface area contributed by atoms with Gasteiger partial charge in [0.25, 0.3) is 24.7 Å². The van der Waals surface area contributed by atoms with Crippen LogP contribution in [-0.4, -0.2) is 161 Å².